The van der Waals surface area contributed by atoms with E-state index in [1.807, 2.05) is 18.2 Å². The summed E-state index contributed by atoms with van der Waals surface area (Å²) in [5.41, 5.74) is 0.623. The molecule has 0 unspecified atom stereocenters. The normalized spacial score (nSPS) is 16.6. The fourth-order valence-electron chi connectivity index (χ4n) is 3.32. The zero-order chi connectivity index (χ0) is 19.8. The minimum Gasteiger partial charge on any atom is -0.354 e. The summed E-state index contributed by atoms with van der Waals surface area (Å²) in [4.78, 5) is 28.2. The maximum atomic E-state index is 12.9. The van der Waals surface area contributed by atoms with Gasteiger partial charge in [-0.05, 0) is 67.8 Å². The topological polar surface area (TPSA) is 49.4 Å². The maximum Gasteiger partial charge on any atom is 0.254 e. The molecule has 28 heavy (non-hydrogen) atoms. The van der Waals surface area contributed by atoms with Crippen molar-refractivity contribution in [2.24, 2.45) is 0 Å². The summed E-state index contributed by atoms with van der Waals surface area (Å²) in [6.45, 7) is 1.18. The van der Waals surface area contributed by atoms with Crippen molar-refractivity contribution < 1.29 is 14.0 Å². The molecule has 1 N–H and O–H groups in total. The Labute approximate surface area is 169 Å². The minimum absolute atomic E-state index is 0.0734. The van der Waals surface area contributed by atoms with E-state index in [1.165, 1.54) is 12.1 Å². The van der Waals surface area contributed by atoms with Crippen LogP contribution in [0.2, 0.25) is 0 Å². The van der Waals surface area contributed by atoms with Gasteiger partial charge in [-0.2, -0.15) is 0 Å². The number of carbonyl (C=O) groups excluding carboxylic acids is 2. The van der Waals surface area contributed by atoms with Crippen LogP contribution in [0.3, 0.4) is 0 Å². The van der Waals surface area contributed by atoms with Crippen LogP contribution in [0.25, 0.3) is 0 Å². The molecule has 1 fully saturated rings. The van der Waals surface area contributed by atoms with Crippen molar-refractivity contribution in [1.82, 2.24) is 10.2 Å². The Kier molecular flexibility index (Phi) is 7.48. The fourth-order valence-corrected chi connectivity index (χ4v) is 4.17. The van der Waals surface area contributed by atoms with Gasteiger partial charge in [0.25, 0.3) is 5.91 Å². The summed E-state index contributed by atoms with van der Waals surface area (Å²) < 4.78 is 12.9. The maximum absolute atomic E-state index is 12.9. The van der Waals surface area contributed by atoms with Gasteiger partial charge in [0.1, 0.15) is 11.9 Å². The monoisotopic (exact) mass is 400 g/mol. The Bertz CT molecular complexity index is 783. The molecule has 1 heterocycles. The van der Waals surface area contributed by atoms with E-state index in [0.717, 1.165) is 29.9 Å². The van der Waals surface area contributed by atoms with E-state index < -0.39 is 6.04 Å². The van der Waals surface area contributed by atoms with Gasteiger partial charge in [0, 0.05) is 23.5 Å². The molecule has 3 rings (SSSR count). The molecule has 0 radical (unpaired) electrons. The molecule has 0 aliphatic carbocycles. The Balaban J connectivity index is 1.46. The zero-order valence-corrected chi connectivity index (χ0v) is 16.6. The molecule has 0 spiro atoms. The number of benzene rings is 2. The van der Waals surface area contributed by atoms with Crippen LogP contribution in [-0.4, -0.2) is 41.6 Å². The van der Waals surface area contributed by atoms with Crippen molar-refractivity contribution in [1.29, 1.82) is 0 Å². The van der Waals surface area contributed by atoms with E-state index in [9.17, 15) is 14.0 Å². The van der Waals surface area contributed by atoms with E-state index in [4.69, 9.17) is 0 Å². The van der Waals surface area contributed by atoms with Gasteiger partial charge in [-0.3, -0.25) is 9.59 Å². The van der Waals surface area contributed by atoms with Gasteiger partial charge in [0.2, 0.25) is 5.91 Å². The first-order valence-corrected chi connectivity index (χ1v) is 10.7. The quantitative estimate of drug-likeness (QED) is 0.562. The number of likely N-dealkylation sites (tertiary alicyclic amines) is 1. The Hall–Kier alpha value is -2.34. The predicted molar refractivity (Wildman–Crippen MR) is 110 cm³/mol. The zero-order valence-electron chi connectivity index (χ0n) is 15.8. The molecule has 2 aromatic rings. The van der Waals surface area contributed by atoms with Crippen LogP contribution in [0, 0.1) is 5.82 Å². The molecule has 2 amide bonds. The number of amides is 2. The summed E-state index contributed by atoms with van der Waals surface area (Å²) in [5, 5.41) is 2.98. The van der Waals surface area contributed by atoms with Crippen molar-refractivity contribution in [3.8, 4) is 0 Å². The van der Waals surface area contributed by atoms with Crippen molar-refractivity contribution in [2.45, 2.75) is 36.6 Å². The smallest absolute Gasteiger partial charge is 0.254 e. The average molecular weight is 401 g/mol. The summed E-state index contributed by atoms with van der Waals surface area (Å²) in [6.07, 6.45) is 3.40. The molecule has 2 aromatic carbocycles. The lowest BCUT2D eigenvalue weighted by atomic mass is 10.00. The van der Waals surface area contributed by atoms with Crippen LogP contribution in [0.4, 0.5) is 4.39 Å². The number of rotatable bonds is 7. The highest BCUT2D eigenvalue weighted by molar-refractivity contribution is 7.99. The Morgan fingerprint density at radius 2 is 1.82 bits per heavy atom. The van der Waals surface area contributed by atoms with Crippen LogP contribution in [0.5, 0.6) is 0 Å². The van der Waals surface area contributed by atoms with E-state index in [0.29, 0.717) is 25.1 Å². The lowest BCUT2D eigenvalue weighted by molar-refractivity contribution is -0.126. The number of thioether (sulfide) groups is 1. The molecule has 6 heteroatoms. The second-order valence-electron chi connectivity index (χ2n) is 6.82. The summed E-state index contributed by atoms with van der Waals surface area (Å²) in [5.74, 6) is 0.449. The van der Waals surface area contributed by atoms with E-state index in [1.54, 1.807) is 40.9 Å². The molecule has 1 aliphatic heterocycles. The molecule has 0 bridgehead atoms. The van der Waals surface area contributed by atoms with Crippen LogP contribution in [0.1, 0.15) is 36.0 Å². The minimum atomic E-state index is -0.397. The van der Waals surface area contributed by atoms with Gasteiger partial charge in [-0.15, -0.1) is 11.8 Å². The molecule has 1 aliphatic rings. The third-order valence-electron chi connectivity index (χ3n) is 4.79. The van der Waals surface area contributed by atoms with E-state index in [-0.39, 0.29) is 17.6 Å². The SMILES string of the molecule is O=C(NCCCSc1ccc(F)cc1)[C@@H]1CCCCN1C(=O)c1ccccc1. The molecular formula is C22H25FN2O2S. The molecule has 4 nitrogen and oxygen atoms in total. The first-order valence-electron chi connectivity index (χ1n) is 9.67. The molecular weight excluding hydrogens is 375 g/mol. The van der Waals surface area contributed by atoms with Crippen molar-refractivity contribution >= 4 is 23.6 Å². The highest BCUT2D eigenvalue weighted by Gasteiger charge is 2.32. The van der Waals surface area contributed by atoms with Crippen molar-refractivity contribution in [3.63, 3.8) is 0 Å². The van der Waals surface area contributed by atoms with E-state index >= 15 is 0 Å². The summed E-state index contributed by atoms with van der Waals surface area (Å²) >= 11 is 1.64. The lowest BCUT2D eigenvalue weighted by Crippen LogP contribution is -2.52. The summed E-state index contributed by atoms with van der Waals surface area (Å²) in [6, 6.07) is 15.2. The fraction of sp³-hybridized carbons (Fsp3) is 0.364. The van der Waals surface area contributed by atoms with Gasteiger partial charge in [-0.1, -0.05) is 18.2 Å². The highest BCUT2D eigenvalue weighted by Crippen LogP contribution is 2.21. The lowest BCUT2D eigenvalue weighted by Gasteiger charge is -2.34. The van der Waals surface area contributed by atoms with Crippen LogP contribution < -0.4 is 5.32 Å². The van der Waals surface area contributed by atoms with Gasteiger partial charge < -0.3 is 10.2 Å². The first-order chi connectivity index (χ1) is 13.6. The largest absolute Gasteiger partial charge is 0.354 e. The number of piperidine rings is 1. The summed E-state index contributed by atoms with van der Waals surface area (Å²) in [7, 11) is 0. The van der Waals surface area contributed by atoms with E-state index in [2.05, 4.69) is 5.32 Å². The third kappa shape index (κ3) is 5.58. The van der Waals surface area contributed by atoms with Gasteiger partial charge in [0.05, 0.1) is 0 Å². The molecule has 1 saturated heterocycles. The molecule has 148 valence electrons. The first kappa shape index (κ1) is 20.4. The predicted octanol–water partition coefficient (Wildman–Crippen LogP) is 4.12. The Morgan fingerprint density at radius 1 is 1.07 bits per heavy atom. The third-order valence-corrected chi connectivity index (χ3v) is 5.89. The van der Waals surface area contributed by atoms with Crippen LogP contribution >= 0.6 is 11.8 Å². The van der Waals surface area contributed by atoms with Crippen molar-refractivity contribution in [3.05, 3.63) is 66.0 Å². The number of hydrogen-bond donors (Lipinski definition) is 1. The second-order valence-corrected chi connectivity index (χ2v) is 7.99. The number of halogens is 1. The number of carbonyl (C=O) groups is 2. The van der Waals surface area contributed by atoms with Gasteiger partial charge >= 0.3 is 0 Å². The molecule has 1 atom stereocenters. The highest BCUT2D eigenvalue weighted by atomic mass is 32.2. The standard InChI is InChI=1S/C22H25FN2O2S/c23-18-10-12-19(13-11-18)28-16-6-14-24-21(26)20-9-4-5-15-25(20)22(27)17-7-2-1-3-8-17/h1-3,7-8,10-13,20H,4-6,9,14-16H2,(H,24,26)/t20-/m0/s1. The van der Waals surface area contributed by atoms with Gasteiger partial charge in [-0.25, -0.2) is 4.39 Å². The Morgan fingerprint density at radius 3 is 2.57 bits per heavy atom. The van der Waals surface area contributed by atoms with Crippen LogP contribution in [0.15, 0.2) is 59.5 Å². The number of nitrogens with zero attached hydrogens (tertiary/aromatic N) is 1. The molecule has 0 aromatic heterocycles. The number of hydrogen-bond acceptors (Lipinski definition) is 3. The molecule has 0 saturated carbocycles. The second kappa shape index (κ2) is 10.3. The number of nitrogens with one attached hydrogen (secondary N) is 1. The average Bonchev–Trinajstić information content (AvgIpc) is 2.75. The van der Waals surface area contributed by atoms with Crippen LogP contribution in [-0.2, 0) is 4.79 Å². The van der Waals surface area contributed by atoms with Crippen molar-refractivity contribution in [2.75, 3.05) is 18.8 Å². The van der Waals surface area contributed by atoms with Gasteiger partial charge in [0.15, 0.2) is 0 Å².